The molecule has 0 bridgehead atoms. The fourth-order valence-corrected chi connectivity index (χ4v) is 0. The molecule has 0 saturated heterocycles. The molecule has 0 rings (SSSR count). The van der Waals surface area contributed by atoms with Gasteiger partial charge in [-0.3, -0.25) is 12.9 Å². The number of hydrogen-bond donors (Lipinski definition) is 0. The van der Waals surface area contributed by atoms with E-state index in [-0.39, 0.29) is 211 Å². The fourth-order valence-electron chi connectivity index (χ4n) is 0. The molecule has 0 saturated carbocycles. The Morgan fingerprint density at radius 3 is 1.00 bits per heavy atom. The van der Waals surface area contributed by atoms with Gasteiger partial charge in [0.15, 0.2) is 0 Å². The van der Waals surface area contributed by atoms with Gasteiger partial charge in [-0.05, 0) is 0 Å². The molecule has 0 heterocycles. The van der Waals surface area contributed by atoms with Gasteiger partial charge in [-0.1, -0.05) is 6.92 Å². The molecule has 0 aliphatic heterocycles. The third kappa shape index (κ3) is 103. The number of carbonyl (C=O) groups excluding carboxylic acids is 1. The summed E-state index contributed by atoms with van der Waals surface area (Å²) in [6, 6.07) is 0. The van der Waals surface area contributed by atoms with Gasteiger partial charge in [0, 0.05) is 196 Å². The minimum atomic E-state index is 0. The summed E-state index contributed by atoms with van der Waals surface area (Å²) in [7, 11) is 0. The topological polar surface area (TPSA) is 17.1 Å². The van der Waals surface area contributed by atoms with Crippen molar-refractivity contribution in [3.63, 3.8) is 0 Å². The summed E-state index contributed by atoms with van der Waals surface area (Å²) in [6.45, 7) is 11.9. The summed E-state index contributed by atoms with van der Waals surface area (Å²) in [4.78, 5) is 7.75. The summed E-state index contributed by atoms with van der Waals surface area (Å²) in [5, 5.41) is 0. The fraction of sp³-hybridized carbons (Fsp3) is 0.125. The Kier molecular flexibility index (Phi) is 340. The zero-order valence-corrected chi connectivity index (χ0v) is 26.9. The first-order chi connectivity index (χ1) is 3.27. The Morgan fingerprint density at radius 2 is 1.00 bits per heavy atom. The van der Waals surface area contributed by atoms with Gasteiger partial charge >= 0.3 is 0 Å². The van der Waals surface area contributed by atoms with Gasteiger partial charge in [0.05, 0.1) is 0 Å². The van der Waals surface area contributed by atoms with Crippen LogP contribution < -0.4 is 0 Å². The largest absolute Gasteiger partial charge is 0.545 e. The Labute approximate surface area is 247 Å². The maximum absolute atomic E-state index is 7.75. The van der Waals surface area contributed by atoms with Crippen LogP contribution in [0.3, 0.4) is 0 Å². The van der Waals surface area contributed by atoms with E-state index in [4.69, 9.17) is 4.79 Å². The quantitative estimate of drug-likeness (QED) is 0.240. The molecule has 1 nitrogen and oxygen atoms in total. The van der Waals surface area contributed by atoms with E-state index in [0.29, 0.717) is 0 Å². The minimum absolute atomic E-state index is 0. The zero-order valence-electron chi connectivity index (χ0n) is 9.86. The van der Waals surface area contributed by atoms with Crippen molar-refractivity contribution in [2.24, 2.45) is 0 Å². The Bertz CT molecular complexity index is 79.5. The standard InChI is InChI=1S/C5H7.CHO.2CH3.6Y/c1-4-5(2)3;1-2;;;;;;;;/h1-2H2,3H3;1H;2*1H3;;;;;;/q4*-1;;;;;;. The van der Waals surface area contributed by atoms with Crippen LogP contribution in [-0.2, 0) is 201 Å². The van der Waals surface area contributed by atoms with Crippen LogP contribution in [0.4, 0.5) is 0 Å². The zero-order chi connectivity index (χ0) is 6.28. The first-order valence-corrected chi connectivity index (χ1v) is 1.69. The van der Waals surface area contributed by atoms with Gasteiger partial charge in [0.1, 0.15) is 0 Å². The molecule has 74 valence electrons. The molecule has 7 heteroatoms. The van der Waals surface area contributed by atoms with Crippen molar-refractivity contribution < 1.29 is 201 Å². The van der Waals surface area contributed by atoms with E-state index >= 15 is 0 Å². The average Bonchev–Trinajstić information content (AvgIpc) is 1.73. The van der Waals surface area contributed by atoms with E-state index < -0.39 is 0 Å². The van der Waals surface area contributed by atoms with Crippen LogP contribution in [0.5, 0.6) is 0 Å². The van der Waals surface area contributed by atoms with Crippen molar-refractivity contribution in [1.82, 2.24) is 0 Å². The van der Waals surface area contributed by atoms with E-state index in [9.17, 15) is 0 Å². The maximum atomic E-state index is 7.75. The molecular formula is C8H14OY6-4. The Hall–Kier alpha value is 5.77. The van der Waals surface area contributed by atoms with E-state index in [2.05, 4.69) is 26.0 Å². The molecular weight excluding hydrogens is 646 g/mol. The second-order valence-electron chi connectivity index (χ2n) is 0.957. The first-order valence-electron chi connectivity index (χ1n) is 1.69. The predicted molar refractivity (Wildman–Crippen MR) is 43.3 cm³/mol. The Morgan fingerprint density at radius 1 is 0.933 bits per heavy atom. The second-order valence-corrected chi connectivity index (χ2v) is 0.957. The predicted octanol–water partition coefficient (Wildman–Crippen LogP) is 2.16. The SMILES string of the molecule is C=[C-]C(=C)C.[CH-]=O.[CH3-].[CH3-].[Y].[Y].[Y].[Y].[Y].[Y]. The third-order valence-electron chi connectivity index (χ3n) is 0.302. The molecule has 0 aliphatic rings. The molecule has 0 spiro atoms. The second kappa shape index (κ2) is 73.0. The van der Waals surface area contributed by atoms with E-state index in [1.807, 2.05) is 6.92 Å². The minimum Gasteiger partial charge on any atom is -0.545 e. The smallest absolute Gasteiger partial charge is 0 e. The van der Waals surface area contributed by atoms with Gasteiger partial charge in [-0.15, -0.1) is 0 Å². The van der Waals surface area contributed by atoms with Crippen LogP contribution in [0.15, 0.2) is 18.7 Å². The molecule has 0 fully saturated rings. The third-order valence-corrected chi connectivity index (χ3v) is 0.302. The van der Waals surface area contributed by atoms with Crippen molar-refractivity contribution in [2.45, 2.75) is 6.92 Å². The van der Waals surface area contributed by atoms with Crippen LogP contribution in [-0.4, -0.2) is 6.79 Å². The average molecular weight is 660 g/mol. The van der Waals surface area contributed by atoms with Gasteiger partial charge < -0.3 is 19.6 Å². The maximum Gasteiger partial charge on any atom is 0 e. The number of rotatable bonds is 1. The molecule has 0 N–H and O–H groups in total. The molecule has 15 heavy (non-hydrogen) atoms. The Balaban J connectivity index is -0.00000000298. The van der Waals surface area contributed by atoms with Crippen molar-refractivity contribution in [1.29, 1.82) is 0 Å². The van der Waals surface area contributed by atoms with Crippen molar-refractivity contribution in [2.75, 3.05) is 0 Å². The normalized spacial score (nSPS) is 2.47. The molecule has 0 amide bonds. The van der Waals surface area contributed by atoms with Gasteiger partial charge in [0.2, 0.25) is 0 Å². The molecule has 6 radical (unpaired) electrons. The van der Waals surface area contributed by atoms with Crippen molar-refractivity contribution in [3.8, 4) is 0 Å². The molecule has 0 unspecified atom stereocenters. The number of allylic oxidation sites excluding steroid dienone is 2. The van der Waals surface area contributed by atoms with Crippen LogP contribution in [0.25, 0.3) is 0 Å². The van der Waals surface area contributed by atoms with Crippen LogP contribution in [0.2, 0.25) is 0 Å². The van der Waals surface area contributed by atoms with Crippen LogP contribution in [0.1, 0.15) is 6.92 Å². The number of hydrogen-bond acceptors (Lipinski definition) is 1. The van der Waals surface area contributed by atoms with E-state index in [1.165, 1.54) is 0 Å². The van der Waals surface area contributed by atoms with Crippen LogP contribution >= 0.6 is 0 Å². The van der Waals surface area contributed by atoms with Crippen molar-refractivity contribution in [3.05, 3.63) is 39.7 Å². The summed E-state index contributed by atoms with van der Waals surface area (Å²) >= 11 is 0. The molecule has 0 aliphatic carbocycles. The molecule has 0 atom stereocenters. The van der Waals surface area contributed by atoms with Crippen molar-refractivity contribution >= 4 is 6.79 Å². The summed E-state index contributed by atoms with van der Waals surface area (Å²) in [5.74, 6) is 0. The summed E-state index contributed by atoms with van der Waals surface area (Å²) < 4.78 is 0. The van der Waals surface area contributed by atoms with Gasteiger partial charge in [0.25, 0.3) is 0 Å². The van der Waals surface area contributed by atoms with E-state index in [0.717, 1.165) is 5.57 Å². The molecule has 0 aromatic carbocycles. The first kappa shape index (κ1) is 70.0. The molecule has 0 aromatic heterocycles. The molecule has 0 aromatic rings. The van der Waals surface area contributed by atoms with Gasteiger partial charge in [-0.25, -0.2) is 12.2 Å². The summed E-state index contributed by atoms with van der Waals surface area (Å²) in [6.07, 6.45) is 2.58. The summed E-state index contributed by atoms with van der Waals surface area (Å²) in [5.41, 5.74) is 0.894. The van der Waals surface area contributed by atoms with Gasteiger partial charge in [-0.2, -0.15) is 6.58 Å². The van der Waals surface area contributed by atoms with Crippen LogP contribution in [0, 0.1) is 20.9 Å². The monoisotopic (exact) mass is 660 g/mol. The van der Waals surface area contributed by atoms with E-state index in [1.54, 1.807) is 0 Å².